The molecular weight excluding hydrogens is 521 g/mol. The van der Waals surface area contributed by atoms with Crippen LogP contribution < -0.4 is 9.62 Å². The third-order valence-corrected chi connectivity index (χ3v) is 7.44. The first-order valence-electron chi connectivity index (χ1n) is 11.5. The van der Waals surface area contributed by atoms with E-state index in [0.717, 1.165) is 36.2 Å². The Balaban J connectivity index is 2.01. The first kappa shape index (κ1) is 27.8. The lowest BCUT2D eigenvalue weighted by molar-refractivity contribution is -0.0429. The maximum absolute atomic E-state index is 13.1. The maximum atomic E-state index is 13.1. The molecule has 0 saturated carbocycles. The van der Waals surface area contributed by atoms with Crippen molar-refractivity contribution in [2.75, 3.05) is 22.8 Å². The van der Waals surface area contributed by atoms with E-state index in [1.807, 2.05) is 20.8 Å². The number of benzene rings is 1. The Hall–Kier alpha value is -2.81. The van der Waals surface area contributed by atoms with Gasteiger partial charge in [0.15, 0.2) is 0 Å². The number of halogens is 3. The highest BCUT2D eigenvalue weighted by Gasteiger charge is 2.46. The molecule has 0 atom stereocenters. The number of anilines is 2. The van der Waals surface area contributed by atoms with Crippen molar-refractivity contribution in [3.05, 3.63) is 22.7 Å². The summed E-state index contributed by atoms with van der Waals surface area (Å²) in [7, 11) is -5.70. The molecule has 3 rings (SSSR count). The van der Waals surface area contributed by atoms with Crippen LogP contribution in [0.25, 0.3) is 0 Å². The Labute approximate surface area is 211 Å². The zero-order chi connectivity index (χ0) is 26.5. The molecule has 15 heteroatoms. The van der Waals surface area contributed by atoms with Crippen LogP contribution in [-0.4, -0.2) is 49.3 Å². The molecule has 1 N–H and O–H groups in total. The normalized spacial score (nSPS) is 14.4. The summed E-state index contributed by atoms with van der Waals surface area (Å²) in [5.74, 6) is -0.676. The van der Waals surface area contributed by atoms with Gasteiger partial charge in [-0.25, -0.2) is 4.79 Å². The second kappa shape index (κ2) is 11.5. The summed E-state index contributed by atoms with van der Waals surface area (Å²) in [5, 5.41) is 15.2. The summed E-state index contributed by atoms with van der Waals surface area (Å²) in [6.45, 7) is 6.79. The fraction of sp³-hybridized carbons (Fsp3) is 0.571. The van der Waals surface area contributed by atoms with Crippen LogP contribution in [0.3, 0.4) is 0 Å². The van der Waals surface area contributed by atoms with E-state index in [9.17, 15) is 26.4 Å². The van der Waals surface area contributed by atoms with Gasteiger partial charge in [0.1, 0.15) is 5.69 Å². The van der Waals surface area contributed by atoms with E-state index < -0.39 is 21.5 Å². The molecule has 0 unspecified atom stereocenters. The smallest absolute Gasteiger partial charge is 0.460 e. The van der Waals surface area contributed by atoms with Gasteiger partial charge in [-0.2, -0.15) is 21.6 Å². The first-order chi connectivity index (χ1) is 17.0. The number of ether oxygens (including phenoxy) is 1. The topological polar surface area (TPSA) is 126 Å². The molecular formula is C21H27F3N6O4S2. The number of alkyl halides is 3. The van der Waals surface area contributed by atoms with Crippen molar-refractivity contribution < 1.29 is 31.1 Å². The molecule has 1 aromatic carbocycles. The summed E-state index contributed by atoms with van der Waals surface area (Å²) in [6, 6.07) is 3.05. The number of aromatic nitrogens is 2. The van der Waals surface area contributed by atoms with E-state index in [-0.39, 0.29) is 34.2 Å². The molecule has 2 heterocycles. The number of carbonyl (C=O) groups excluding carboxylic acids is 1. The van der Waals surface area contributed by atoms with Gasteiger partial charge in [0.25, 0.3) is 5.13 Å². The number of hydrogen-bond donors (Lipinski definition) is 1. The van der Waals surface area contributed by atoms with Crippen molar-refractivity contribution in [2.24, 2.45) is 10.2 Å². The third-order valence-electron chi connectivity index (χ3n) is 5.55. The molecule has 0 radical (unpaired) electrons. The predicted octanol–water partition coefficient (Wildman–Crippen LogP) is 5.72. The number of hydrogen-bond acceptors (Lipinski definition) is 10. The lowest BCUT2D eigenvalue weighted by Gasteiger charge is -2.38. The number of esters is 1. The number of sulfonamides is 1. The third kappa shape index (κ3) is 6.30. The fourth-order valence-electron chi connectivity index (χ4n) is 3.82. The summed E-state index contributed by atoms with van der Waals surface area (Å²) in [6.07, 6.45) is 3.74. The van der Waals surface area contributed by atoms with Gasteiger partial charge in [-0.05, 0) is 49.8 Å². The SMILES string of the molecule is CCCOC(=O)c1nnc(N=Nc2cc3c(cc2NS(=O)(=O)C(F)(F)F)N(C(CC)CC)CCC3)s1. The summed E-state index contributed by atoms with van der Waals surface area (Å²) in [5.41, 5.74) is -4.51. The molecule has 10 nitrogen and oxygen atoms in total. The van der Waals surface area contributed by atoms with Crippen molar-refractivity contribution in [3.8, 4) is 0 Å². The van der Waals surface area contributed by atoms with Crippen LogP contribution in [0.4, 0.5) is 35.4 Å². The Kier molecular flexibility index (Phi) is 8.87. The average Bonchev–Trinajstić information content (AvgIpc) is 3.30. The zero-order valence-electron chi connectivity index (χ0n) is 20.0. The molecule has 0 bridgehead atoms. The number of fused-ring (bicyclic) bond motifs is 1. The van der Waals surface area contributed by atoms with Gasteiger partial charge in [-0.1, -0.05) is 32.1 Å². The van der Waals surface area contributed by atoms with Gasteiger partial charge in [-0.3, -0.25) is 4.72 Å². The van der Waals surface area contributed by atoms with Crippen molar-refractivity contribution in [3.63, 3.8) is 0 Å². The molecule has 1 aliphatic heterocycles. The van der Waals surface area contributed by atoms with Crippen molar-refractivity contribution >= 4 is 49.5 Å². The molecule has 1 aromatic heterocycles. The number of aryl methyl sites for hydroxylation is 1. The Morgan fingerprint density at radius 3 is 2.58 bits per heavy atom. The highest BCUT2D eigenvalue weighted by molar-refractivity contribution is 7.93. The number of nitrogens with zero attached hydrogens (tertiary/aromatic N) is 5. The highest BCUT2D eigenvalue weighted by Crippen LogP contribution is 2.40. The van der Waals surface area contributed by atoms with Crippen LogP contribution in [-0.2, 0) is 21.2 Å². The van der Waals surface area contributed by atoms with Crippen molar-refractivity contribution in [2.45, 2.75) is 64.4 Å². The molecule has 0 amide bonds. The van der Waals surface area contributed by atoms with Crippen LogP contribution in [0, 0.1) is 0 Å². The van der Waals surface area contributed by atoms with Gasteiger partial charge in [0.05, 0.1) is 12.3 Å². The number of azo groups is 1. The van der Waals surface area contributed by atoms with Gasteiger partial charge in [0, 0.05) is 18.3 Å². The van der Waals surface area contributed by atoms with Crippen molar-refractivity contribution in [1.82, 2.24) is 10.2 Å². The summed E-state index contributed by atoms with van der Waals surface area (Å²) in [4.78, 5) is 14.0. The standard InChI is InChI=1S/C21H27F3N6O4S2/c1-4-10-34-19(31)18-26-28-20(35-18)27-25-15-11-13-8-7-9-30(14(5-2)6-3)17(13)12-16(15)29-36(32,33)21(22,23)24/h11-12,14,29H,4-10H2,1-3H3. The molecule has 1 aliphatic rings. The van der Waals surface area contributed by atoms with Gasteiger partial charge < -0.3 is 9.64 Å². The minimum atomic E-state index is -5.70. The molecule has 0 saturated heterocycles. The van der Waals surface area contributed by atoms with E-state index in [1.165, 1.54) is 12.1 Å². The average molecular weight is 549 g/mol. The van der Waals surface area contributed by atoms with Crippen LogP contribution in [0.15, 0.2) is 22.4 Å². The van der Waals surface area contributed by atoms with Crippen LogP contribution in [0.5, 0.6) is 0 Å². The van der Waals surface area contributed by atoms with Crippen molar-refractivity contribution in [1.29, 1.82) is 0 Å². The Bertz CT molecular complexity index is 1210. The lowest BCUT2D eigenvalue weighted by Crippen LogP contribution is -2.38. The minimum absolute atomic E-state index is 0.0422. The number of rotatable bonds is 10. The van der Waals surface area contributed by atoms with Crippen LogP contribution in [0.1, 0.15) is 61.8 Å². The first-order valence-corrected chi connectivity index (χ1v) is 13.8. The van der Waals surface area contributed by atoms with E-state index in [1.54, 1.807) is 4.72 Å². The maximum Gasteiger partial charge on any atom is 0.516 e. The van der Waals surface area contributed by atoms with Gasteiger partial charge >= 0.3 is 21.5 Å². The largest absolute Gasteiger partial charge is 0.516 e. The highest BCUT2D eigenvalue weighted by atomic mass is 32.2. The lowest BCUT2D eigenvalue weighted by atomic mass is 9.97. The van der Waals surface area contributed by atoms with Crippen LogP contribution >= 0.6 is 11.3 Å². The Morgan fingerprint density at radius 1 is 1.22 bits per heavy atom. The molecule has 36 heavy (non-hydrogen) atoms. The molecule has 198 valence electrons. The molecule has 0 aliphatic carbocycles. The van der Waals surface area contributed by atoms with E-state index in [0.29, 0.717) is 25.1 Å². The fourth-order valence-corrected chi connectivity index (χ4v) is 4.94. The second-order valence-electron chi connectivity index (χ2n) is 8.04. The Morgan fingerprint density at radius 2 is 1.94 bits per heavy atom. The predicted molar refractivity (Wildman–Crippen MR) is 130 cm³/mol. The second-order valence-corrected chi connectivity index (χ2v) is 10.7. The molecule has 2 aromatic rings. The summed E-state index contributed by atoms with van der Waals surface area (Å²) < 4.78 is 69.9. The van der Waals surface area contributed by atoms with Crippen LogP contribution in [0.2, 0.25) is 0 Å². The quantitative estimate of drug-likeness (QED) is 0.297. The zero-order valence-corrected chi connectivity index (χ0v) is 21.6. The van der Waals surface area contributed by atoms with E-state index in [4.69, 9.17) is 4.74 Å². The number of nitrogens with one attached hydrogen (secondary N) is 1. The minimum Gasteiger partial charge on any atom is -0.460 e. The van der Waals surface area contributed by atoms with Gasteiger partial charge in [0.2, 0.25) is 5.01 Å². The van der Waals surface area contributed by atoms with E-state index >= 15 is 0 Å². The van der Waals surface area contributed by atoms with Gasteiger partial charge in [-0.15, -0.1) is 20.4 Å². The number of carbonyl (C=O) groups is 1. The monoisotopic (exact) mass is 548 g/mol. The summed E-state index contributed by atoms with van der Waals surface area (Å²) >= 11 is 0.789. The van der Waals surface area contributed by atoms with E-state index in [2.05, 4.69) is 25.3 Å². The molecule has 0 fully saturated rings. The molecule has 0 spiro atoms.